The van der Waals surface area contributed by atoms with Crippen LogP contribution >= 0.6 is 27.3 Å². The summed E-state index contributed by atoms with van der Waals surface area (Å²) < 4.78 is 6.07. The summed E-state index contributed by atoms with van der Waals surface area (Å²) in [5.74, 6) is 0. The van der Waals surface area contributed by atoms with Crippen LogP contribution in [0.25, 0.3) is 0 Å². The predicted octanol–water partition coefficient (Wildman–Crippen LogP) is 2.58. The van der Waals surface area contributed by atoms with E-state index in [1.165, 1.54) is 11.3 Å². The van der Waals surface area contributed by atoms with Gasteiger partial charge in [-0.1, -0.05) is 0 Å². The van der Waals surface area contributed by atoms with Crippen molar-refractivity contribution in [1.82, 2.24) is 0 Å². The van der Waals surface area contributed by atoms with E-state index in [0.717, 1.165) is 9.35 Å². The number of aliphatic hydroxyl groups is 1. The molecule has 0 aliphatic rings. The molecule has 1 aromatic heterocycles. The highest BCUT2D eigenvalue weighted by molar-refractivity contribution is 9.10. The first-order valence-corrected chi connectivity index (χ1v) is 5.41. The smallest absolute Gasteiger partial charge is 0.113 e. The quantitative estimate of drug-likeness (QED) is 0.891. The third-order valence-electron chi connectivity index (χ3n) is 1.43. The standard InChI is InChI=1S/C8H11BrO2S/c1-2-11-5-7(10)8-6(9)3-4-12-8/h3-4,7,10H,2,5H2,1H3. The molecule has 0 bridgehead atoms. The summed E-state index contributed by atoms with van der Waals surface area (Å²) in [7, 11) is 0. The molecule has 0 saturated heterocycles. The largest absolute Gasteiger partial charge is 0.385 e. The highest BCUT2D eigenvalue weighted by Gasteiger charge is 2.11. The summed E-state index contributed by atoms with van der Waals surface area (Å²) in [6, 6.07) is 1.93. The molecule has 1 N–H and O–H groups in total. The SMILES string of the molecule is CCOCC(O)c1sccc1Br. The van der Waals surface area contributed by atoms with Crippen molar-refractivity contribution in [3.63, 3.8) is 0 Å². The first-order chi connectivity index (χ1) is 5.75. The molecule has 1 aromatic rings. The first kappa shape index (κ1) is 10.2. The summed E-state index contributed by atoms with van der Waals surface area (Å²) in [5.41, 5.74) is 0. The molecule has 0 aromatic carbocycles. The van der Waals surface area contributed by atoms with Gasteiger partial charge in [-0.25, -0.2) is 0 Å². The van der Waals surface area contributed by atoms with Gasteiger partial charge in [-0.2, -0.15) is 0 Å². The Bertz CT molecular complexity index is 237. The fourth-order valence-electron chi connectivity index (χ4n) is 0.848. The van der Waals surface area contributed by atoms with Crippen LogP contribution in [0.3, 0.4) is 0 Å². The second-order valence-corrected chi connectivity index (χ2v) is 4.11. The van der Waals surface area contributed by atoms with E-state index in [1.54, 1.807) is 0 Å². The van der Waals surface area contributed by atoms with Gasteiger partial charge >= 0.3 is 0 Å². The second kappa shape index (κ2) is 4.97. The molecule has 0 aliphatic heterocycles. The third kappa shape index (κ3) is 2.55. The molecule has 1 heterocycles. The number of rotatable bonds is 4. The summed E-state index contributed by atoms with van der Waals surface area (Å²) in [4.78, 5) is 0.934. The molecule has 4 heteroatoms. The van der Waals surface area contributed by atoms with Crippen molar-refractivity contribution >= 4 is 27.3 Å². The number of halogens is 1. The van der Waals surface area contributed by atoms with Crippen LogP contribution in [0.15, 0.2) is 15.9 Å². The summed E-state index contributed by atoms with van der Waals surface area (Å²) in [6.07, 6.45) is -0.501. The van der Waals surface area contributed by atoms with Crippen LogP contribution in [0.5, 0.6) is 0 Å². The van der Waals surface area contributed by atoms with Crippen LogP contribution in [0, 0.1) is 0 Å². The van der Waals surface area contributed by atoms with Crippen LogP contribution in [-0.4, -0.2) is 18.3 Å². The Morgan fingerprint density at radius 2 is 2.50 bits per heavy atom. The fraction of sp³-hybridized carbons (Fsp3) is 0.500. The van der Waals surface area contributed by atoms with E-state index < -0.39 is 6.10 Å². The van der Waals surface area contributed by atoms with E-state index in [0.29, 0.717) is 13.2 Å². The minimum Gasteiger partial charge on any atom is -0.385 e. The summed E-state index contributed by atoms with van der Waals surface area (Å²) in [6.45, 7) is 2.92. The zero-order valence-corrected chi connectivity index (χ0v) is 9.19. The average Bonchev–Trinajstić information content (AvgIpc) is 2.47. The lowest BCUT2D eigenvalue weighted by Crippen LogP contribution is -2.05. The molecule has 1 unspecified atom stereocenters. The summed E-state index contributed by atoms with van der Waals surface area (Å²) in [5, 5.41) is 11.5. The van der Waals surface area contributed by atoms with Crippen molar-refractivity contribution in [2.75, 3.05) is 13.2 Å². The average molecular weight is 251 g/mol. The Morgan fingerprint density at radius 3 is 3.00 bits per heavy atom. The third-order valence-corrected chi connectivity index (χ3v) is 3.40. The number of hydrogen-bond donors (Lipinski definition) is 1. The van der Waals surface area contributed by atoms with Crippen LogP contribution in [0.4, 0.5) is 0 Å². The van der Waals surface area contributed by atoms with Gasteiger partial charge in [0, 0.05) is 16.0 Å². The van der Waals surface area contributed by atoms with Gasteiger partial charge < -0.3 is 9.84 Å². The van der Waals surface area contributed by atoms with Crippen molar-refractivity contribution < 1.29 is 9.84 Å². The normalized spacial score (nSPS) is 13.2. The lowest BCUT2D eigenvalue weighted by atomic mass is 10.3. The molecule has 0 fully saturated rings. The first-order valence-electron chi connectivity index (χ1n) is 3.74. The van der Waals surface area contributed by atoms with Crippen LogP contribution in [-0.2, 0) is 4.74 Å². The van der Waals surface area contributed by atoms with Gasteiger partial charge in [0.15, 0.2) is 0 Å². The molecule has 0 spiro atoms. The van der Waals surface area contributed by atoms with Crippen molar-refractivity contribution in [1.29, 1.82) is 0 Å². The fourth-order valence-corrected chi connectivity index (χ4v) is 2.46. The zero-order valence-electron chi connectivity index (χ0n) is 6.79. The van der Waals surface area contributed by atoms with Gasteiger partial charge in [0.05, 0.1) is 6.61 Å². The number of ether oxygens (including phenoxy) is 1. The summed E-state index contributed by atoms with van der Waals surface area (Å²) >= 11 is 4.88. The van der Waals surface area contributed by atoms with Crippen molar-refractivity contribution in [2.45, 2.75) is 13.0 Å². The molecule has 0 saturated carbocycles. The van der Waals surface area contributed by atoms with Gasteiger partial charge in [0.25, 0.3) is 0 Å². The molecule has 1 atom stereocenters. The van der Waals surface area contributed by atoms with E-state index in [1.807, 2.05) is 18.4 Å². The van der Waals surface area contributed by atoms with Gasteiger partial charge in [0.1, 0.15) is 6.10 Å². The molecule has 2 nitrogen and oxygen atoms in total. The molecule has 0 aliphatic carbocycles. The molecule has 0 amide bonds. The molecular weight excluding hydrogens is 240 g/mol. The Morgan fingerprint density at radius 1 is 1.75 bits per heavy atom. The Balaban J connectivity index is 2.52. The van der Waals surface area contributed by atoms with Crippen LogP contribution < -0.4 is 0 Å². The monoisotopic (exact) mass is 250 g/mol. The maximum atomic E-state index is 9.58. The van der Waals surface area contributed by atoms with Crippen molar-refractivity contribution in [2.24, 2.45) is 0 Å². The van der Waals surface area contributed by atoms with E-state index in [4.69, 9.17) is 4.74 Å². The van der Waals surface area contributed by atoms with Crippen molar-refractivity contribution in [3.8, 4) is 0 Å². The topological polar surface area (TPSA) is 29.5 Å². The van der Waals surface area contributed by atoms with E-state index in [9.17, 15) is 5.11 Å². The van der Waals surface area contributed by atoms with E-state index in [2.05, 4.69) is 15.9 Å². The van der Waals surface area contributed by atoms with Crippen LogP contribution in [0.1, 0.15) is 17.9 Å². The lowest BCUT2D eigenvalue weighted by molar-refractivity contribution is 0.0436. The lowest BCUT2D eigenvalue weighted by Gasteiger charge is -2.08. The number of aliphatic hydroxyl groups excluding tert-OH is 1. The molecular formula is C8H11BrO2S. The van der Waals surface area contributed by atoms with Gasteiger partial charge in [-0.3, -0.25) is 0 Å². The Hall–Kier alpha value is 0.100. The minimum absolute atomic E-state index is 0.371. The molecule has 68 valence electrons. The molecule has 1 rings (SSSR count). The van der Waals surface area contributed by atoms with Gasteiger partial charge in [-0.05, 0) is 34.3 Å². The molecule has 12 heavy (non-hydrogen) atoms. The maximum absolute atomic E-state index is 9.58. The van der Waals surface area contributed by atoms with E-state index in [-0.39, 0.29) is 0 Å². The van der Waals surface area contributed by atoms with Gasteiger partial charge in [-0.15, -0.1) is 11.3 Å². The highest BCUT2D eigenvalue weighted by Crippen LogP contribution is 2.28. The Kier molecular flexibility index (Phi) is 4.21. The number of thiophene rings is 1. The van der Waals surface area contributed by atoms with Crippen LogP contribution in [0.2, 0.25) is 0 Å². The van der Waals surface area contributed by atoms with Crippen molar-refractivity contribution in [3.05, 3.63) is 20.8 Å². The minimum atomic E-state index is -0.501. The maximum Gasteiger partial charge on any atom is 0.113 e. The Labute approximate surface area is 84.3 Å². The van der Waals surface area contributed by atoms with Gasteiger partial charge in [0.2, 0.25) is 0 Å². The second-order valence-electron chi connectivity index (χ2n) is 2.31. The predicted molar refractivity (Wildman–Crippen MR) is 53.5 cm³/mol. The number of hydrogen-bond acceptors (Lipinski definition) is 3. The van der Waals surface area contributed by atoms with E-state index >= 15 is 0 Å². The molecule has 0 radical (unpaired) electrons. The zero-order chi connectivity index (χ0) is 8.97. The highest BCUT2D eigenvalue weighted by atomic mass is 79.9.